The summed E-state index contributed by atoms with van der Waals surface area (Å²) < 4.78 is 28.4. The van der Waals surface area contributed by atoms with Gasteiger partial charge in [-0.05, 0) is 19.3 Å². The first-order chi connectivity index (χ1) is 9.36. The number of anilines is 1. The second-order valence-electron chi connectivity index (χ2n) is 5.40. The molecule has 1 aliphatic carbocycles. The van der Waals surface area contributed by atoms with Crippen LogP contribution in [0.25, 0.3) is 0 Å². The number of hydrogen-bond acceptors (Lipinski definition) is 5. The Kier molecular flexibility index (Phi) is 4.36. The van der Waals surface area contributed by atoms with Crippen molar-refractivity contribution in [3.8, 4) is 0 Å². The molecule has 4 N–H and O–H groups in total. The molecule has 0 unspecified atom stereocenters. The molecule has 0 aromatic carbocycles. The third-order valence-corrected chi connectivity index (χ3v) is 5.04. The minimum Gasteiger partial charge on any atom is -0.389 e. The van der Waals surface area contributed by atoms with Gasteiger partial charge in [0.1, 0.15) is 4.90 Å². The molecule has 1 aromatic heterocycles. The maximum absolute atomic E-state index is 12.2. The molecule has 1 fully saturated rings. The fraction of sp³-hybridized carbons (Fsp3) is 0.750. The first kappa shape index (κ1) is 15.3. The van der Waals surface area contributed by atoms with Gasteiger partial charge in [0.05, 0.1) is 5.60 Å². The van der Waals surface area contributed by atoms with E-state index in [1.165, 1.54) is 10.9 Å². The average molecular weight is 302 g/mol. The Morgan fingerprint density at radius 1 is 1.50 bits per heavy atom. The summed E-state index contributed by atoms with van der Waals surface area (Å²) >= 11 is 0. The summed E-state index contributed by atoms with van der Waals surface area (Å²) in [4.78, 5) is -0.0208. The van der Waals surface area contributed by atoms with Gasteiger partial charge < -0.3 is 10.8 Å². The SMILES string of the molecule is CCCn1cc(S(=O)(=O)NCC2(O)CCCC2)c(N)n1. The van der Waals surface area contributed by atoms with E-state index in [1.807, 2.05) is 6.92 Å². The van der Waals surface area contributed by atoms with Crippen molar-refractivity contribution in [3.63, 3.8) is 0 Å². The van der Waals surface area contributed by atoms with Crippen LogP contribution in [0.4, 0.5) is 5.82 Å². The molecule has 2 rings (SSSR count). The molecule has 1 heterocycles. The quantitative estimate of drug-likeness (QED) is 0.707. The van der Waals surface area contributed by atoms with E-state index in [-0.39, 0.29) is 17.3 Å². The van der Waals surface area contributed by atoms with E-state index in [4.69, 9.17) is 5.73 Å². The van der Waals surface area contributed by atoms with E-state index in [1.54, 1.807) is 0 Å². The lowest BCUT2D eigenvalue weighted by atomic mass is 10.0. The summed E-state index contributed by atoms with van der Waals surface area (Å²) in [5.41, 5.74) is 4.73. The van der Waals surface area contributed by atoms with Gasteiger partial charge in [-0.15, -0.1) is 0 Å². The van der Waals surface area contributed by atoms with Crippen molar-refractivity contribution in [1.29, 1.82) is 0 Å². The minimum atomic E-state index is -3.73. The van der Waals surface area contributed by atoms with Crippen molar-refractivity contribution < 1.29 is 13.5 Å². The predicted octanol–water partition coefficient (Wildman–Crippen LogP) is 0.459. The molecule has 114 valence electrons. The standard InChI is InChI=1S/C12H22N4O3S/c1-2-7-16-8-10(11(13)15-16)20(18,19)14-9-12(17)5-3-4-6-12/h8,14,17H,2-7,9H2,1H3,(H2,13,15). The number of sulfonamides is 1. The second-order valence-corrected chi connectivity index (χ2v) is 7.13. The molecule has 1 aliphatic rings. The molecule has 8 heteroatoms. The maximum Gasteiger partial charge on any atom is 0.245 e. The van der Waals surface area contributed by atoms with Gasteiger partial charge in [0, 0.05) is 19.3 Å². The molecule has 0 spiro atoms. The topological polar surface area (TPSA) is 110 Å². The highest BCUT2D eigenvalue weighted by molar-refractivity contribution is 7.89. The molecule has 1 saturated carbocycles. The molecule has 0 amide bonds. The monoisotopic (exact) mass is 302 g/mol. The predicted molar refractivity (Wildman–Crippen MR) is 75.5 cm³/mol. The Hall–Kier alpha value is -1.12. The van der Waals surface area contributed by atoms with Crippen LogP contribution < -0.4 is 10.5 Å². The fourth-order valence-corrected chi connectivity index (χ4v) is 3.68. The number of nitrogens with two attached hydrogens (primary N) is 1. The van der Waals surface area contributed by atoms with Crippen molar-refractivity contribution in [3.05, 3.63) is 6.20 Å². The Balaban J connectivity index is 2.09. The van der Waals surface area contributed by atoms with E-state index >= 15 is 0 Å². The summed E-state index contributed by atoms with van der Waals surface area (Å²) in [5, 5.41) is 14.2. The van der Waals surface area contributed by atoms with Gasteiger partial charge in [0.2, 0.25) is 10.0 Å². The zero-order valence-corrected chi connectivity index (χ0v) is 12.5. The Morgan fingerprint density at radius 3 is 2.75 bits per heavy atom. The van der Waals surface area contributed by atoms with Gasteiger partial charge in [-0.1, -0.05) is 19.8 Å². The van der Waals surface area contributed by atoms with Crippen molar-refractivity contribution in [1.82, 2.24) is 14.5 Å². The van der Waals surface area contributed by atoms with Crippen LogP contribution in [0, 0.1) is 0 Å². The number of hydrogen-bond donors (Lipinski definition) is 3. The van der Waals surface area contributed by atoms with Crippen LogP contribution in [-0.2, 0) is 16.6 Å². The molecule has 0 radical (unpaired) electrons. The van der Waals surface area contributed by atoms with Gasteiger partial charge in [0.15, 0.2) is 5.82 Å². The highest BCUT2D eigenvalue weighted by Crippen LogP contribution is 2.29. The summed E-state index contributed by atoms with van der Waals surface area (Å²) in [5.74, 6) is -0.00985. The molecule has 0 atom stereocenters. The summed E-state index contributed by atoms with van der Waals surface area (Å²) in [7, 11) is -3.73. The number of rotatable bonds is 6. The number of nitrogens with zero attached hydrogens (tertiary/aromatic N) is 2. The van der Waals surface area contributed by atoms with Gasteiger partial charge in [-0.2, -0.15) is 5.10 Å². The number of nitrogen functional groups attached to an aromatic ring is 1. The molecule has 1 aromatic rings. The summed E-state index contributed by atoms with van der Waals surface area (Å²) in [6.07, 6.45) is 5.37. The lowest BCUT2D eigenvalue weighted by Crippen LogP contribution is -2.40. The van der Waals surface area contributed by atoms with E-state index in [0.717, 1.165) is 19.3 Å². The molecule has 0 saturated heterocycles. The highest BCUT2D eigenvalue weighted by atomic mass is 32.2. The largest absolute Gasteiger partial charge is 0.389 e. The van der Waals surface area contributed by atoms with Crippen molar-refractivity contribution in [2.24, 2.45) is 0 Å². The number of aliphatic hydroxyl groups is 1. The number of aromatic nitrogens is 2. The minimum absolute atomic E-state index is 0.00985. The highest BCUT2D eigenvalue weighted by Gasteiger charge is 2.33. The Bertz CT molecular complexity index is 561. The first-order valence-corrected chi connectivity index (χ1v) is 8.40. The fourth-order valence-electron chi connectivity index (χ4n) is 2.49. The lowest BCUT2D eigenvalue weighted by molar-refractivity contribution is 0.0532. The van der Waals surface area contributed by atoms with Gasteiger partial charge >= 0.3 is 0 Å². The average Bonchev–Trinajstić information content (AvgIpc) is 2.96. The molecule has 7 nitrogen and oxygen atoms in total. The smallest absolute Gasteiger partial charge is 0.245 e. The second kappa shape index (κ2) is 5.71. The third-order valence-electron chi connectivity index (χ3n) is 3.62. The van der Waals surface area contributed by atoms with E-state index in [9.17, 15) is 13.5 Å². The van der Waals surface area contributed by atoms with E-state index in [0.29, 0.717) is 19.4 Å². The van der Waals surface area contributed by atoms with Crippen molar-refractivity contribution >= 4 is 15.8 Å². The number of nitrogens with one attached hydrogen (secondary N) is 1. The Labute approximate surface area is 119 Å². The van der Waals surface area contributed by atoms with Crippen LogP contribution in [-0.4, -0.2) is 35.5 Å². The van der Waals surface area contributed by atoms with Crippen LogP contribution in [0.3, 0.4) is 0 Å². The first-order valence-electron chi connectivity index (χ1n) is 6.91. The maximum atomic E-state index is 12.2. The van der Waals surface area contributed by atoms with Crippen LogP contribution in [0.2, 0.25) is 0 Å². The molecular formula is C12H22N4O3S. The Morgan fingerprint density at radius 2 is 2.15 bits per heavy atom. The van der Waals surface area contributed by atoms with Gasteiger partial charge in [0.25, 0.3) is 0 Å². The third kappa shape index (κ3) is 3.31. The molecule has 0 aliphatic heterocycles. The zero-order valence-electron chi connectivity index (χ0n) is 11.7. The number of aryl methyl sites for hydroxylation is 1. The lowest BCUT2D eigenvalue weighted by Gasteiger charge is -2.22. The molecule has 20 heavy (non-hydrogen) atoms. The summed E-state index contributed by atoms with van der Waals surface area (Å²) in [6, 6.07) is 0. The van der Waals surface area contributed by atoms with E-state index < -0.39 is 15.6 Å². The summed E-state index contributed by atoms with van der Waals surface area (Å²) in [6.45, 7) is 2.61. The molecular weight excluding hydrogens is 280 g/mol. The van der Waals surface area contributed by atoms with Crippen molar-refractivity contribution in [2.75, 3.05) is 12.3 Å². The zero-order chi connectivity index (χ0) is 14.8. The van der Waals surface area contributed by atoms with Crippen LogP contribution in [0.1, 0.15) is 39.0 Å². The van der Waals surface area contributed by atoms with Gasteiger partial charge in [-0.25, -0.2) is 13.1 Å². The van der Waals surface area contributed by atoms with E-state index in [2.05, 4.69) is 9.82 Å². The van der Waals surface area contributed by atoms with Crippen LogP contribution >= 0.6 is 0 Å². The van der Waals surface area contributed by atoms with Crippen LogP contribution in [0.5, 0.6) is 0 Å². The van der Waals surface area contributed by atoms with Gasteiger partial charge in [-0.3, -0.25) is 4.68 Å². The van der Waals surface area contributed by atoms with Crippen molar-refractivity contribution in [2.45, 2.75) is 56.1 Å². The van der Waals surface area contributed by atoms with Crippen LogP contribution in [0.15, 0.2) is 11.1 Å². The normalized spacial score (nSPS) is 18.5. The molecule has 0 bridgehead atoms.